The first-order valence-electron chi connectivity index (χ1n) is 13.1. The van der Waals surface area contributed by atoms with Gasteiger partial charge in [0.2, 0.25) is 5.95 Å². The van der Waals surface area contributed by atoms with Gasteiger partial charge < -0.3 is 15.5 Å². The first-order chi connectivity index (χ1) is 19.2. The van der Waals surface area contributed by atoms with E-state index in [1.807, 2.05) is 57.2 Å². The van der Waals surface area contributed by atoms with Crippen molar-refractivity contribution in [2.24, 2.45) is 11.3 Å². The minimum absolute atomic E-state index is 0.190. The van der Waals surface area contributed by atoms with E-state index in [-0.39, 0.29) is 18.8 Å². The number of nitrogens with one attached hydrogen (secondary N) is 1. The van der Waals surface area contributed by atoms with Gasteiger partial charge in [0.15, 0.2) is 0 Å². The van der Waals surface area contributed by atoms with E-state index in [1.54, 1.807) is 12.3 Å². The van der Waals surface area contributed by atoms with Crippen LogP contribution in [0.3, 0.4) is 0 Å². The van der Waals surface area contributed by atoms with Gasteiger partial charge in [0.25, 0.3) is 0 Å². The second kappa shape index (κ2) is 10.5. The number of aliphatic carboxylic acids is 1. The highest BCUT2D eigenvalue weighted by Gasteiger charge is 2.49. The van der Waals surface area contributed by atoms with Crippen LogP contribution in [0.2, 0.25) is 0 Å². The molecule has 1 aliphatic rings. The Bertz CT molecular complexity index is 1600. The lowest BCUT2D eigenvalue weighted by Crippen LogP contribution is -2.44. The number of rotatable bonds is 6. The zero-order valence-corrected chi connectivity index (χ0v) is 23.5. The Labute approximate surface area is 239 Å². The molecule has 214 valence electrons. The van der Waals surface area contributed by atoms with Crippen LogP contribution in [0.1, 0.15) is 49.4 Å². The number of halogens is 3. The average molecular weight is 583 g/mol. The van der Waals surface area contributed by atoms with Crippen molar-refractivity contribution in [1.29, 1.82) is 0 Å². The smallest absolute Gasteiger partial charge is 0.433 e. The molecule has 41 heavy (non-hydrogen) atoms. The molecule has 0 saturated heterocycles. The number of hydrogen-bond donors (Lipinski definition) is 3. The predicted molar refractivity (Wildman–Crippen MR) is 151 cm³/mol. The maximum Gasteiger partial charge on any atom is 0.433 e. The standard InChI is InChI=1S/C30H29F3N4O3S/c1-17-6-4-5-7-21(17)18-12-19(14-20(13-18)36-27-34-11-9-24(37-27)30(31,32)33)23-15-35-26(41-23)29(40)10-8-22(25(38)39)28(2,3)16-29/h4-7,9,11-15,22,40H,8,10,16H2,1-3H3,(H,38,39)(H,34,36,37)/t22-,29-/m0/s1. The Hall–Kier alpha value is -3.83. The van der Waals surface area contributed by atoms with E-state index in [0.29, 0.717) is 17.1 Å². The van der Waals surface area contributed by atoms with Crippen molar-refractivity contribution < 1.29 is 28.2 Å². The van der Waals surface area contributed by atoms with Crippen molar-refractivity contribution in [2.75, 3.05) is 5.32 Å². The van der Waals surface area contributed by atoms with Crippen molar-refractivity contribution >= 4 is 28.9 Å². The molecule has 4 aromatic rings. The van der Waals surface area contributed by atoms with Crippen LogP contribution in [0.5, 0.6) is 0 Å². The molecule has 0 bridgehead atoms. The highest BCUT2D eigenvalue weighted by molar-refractivity contribution is 7.15. The number of carboxylic acid groups (broad SMARTS) is 1. The molecule has 5 rings (SSSR count). The van der Waals surface area contributed by atoms with Crippen molar-refractivity contribution in [1.82, 2.24) is 15.0 Å². The number of aliphatic hydroxyl groups is 1. The molecule has 1 fully saturated rings. The third-order valence-corrected chi connectivity index (χ3v) is 8.86. The summed E-state index contributed by atoms with van der Waals surface area (Å²) in [5, 5.41) is 24.6. The number of aromatic nitrogens is 3. The Kier molecular flexibility index (Phi) is 7.37. The fourth-order valence-electron chi connectivity index (χ4n) is 5.60. The van der Waals surface area contributed by atoms with Crippen LogP contribution in [0.15, 0.2) is 60.9 Å². The first kappa shape index (κ1) is 28.7. The highest BCUT2D eigenvalue weighted by Crippen LogP contribution is 2.51. The molecule has 0 spiro atoms. The Morgan fingerprint density at radius 3 is 2.51 bits per heavy atom. The van der Waals surface area contributed by atoms with E-state index in [2.05, 4.69) is 20.3 Å². The minimum Gasteiger partial charge on any atom is -0.481 e. The summed E-state index contributed by atoms with van der Waals surface area (Å²) in [6, 6.07) is 14.1. The summed E-state index contributed by atoms with van der Waals surface area (Å²) in [7, 11) is 0. The third-order valence-electron chi connectivity index (χ3n) is 7.62. The van der Waals surface area contributed by atoms with E-state index < -0.39 is 34.8 Å². The van der Waals surface area contributed by atoms with Gasteiger partial charge in [-0.3, -0.25) is 4.79 Å². The Morgan fingerprint density at radius 2 is 1.83 bits per heavy atom. The van der Waals surface area contributed by atoms with Crippen LogP contribution in [-0.4, -0.2) is 31.1 Å². The molecule has 0 aliphatic heterocycles. The summed E-state index contributed by atoms with van der Waals surface area (Å²) < 4.78 is 39.7. The number of aryl methyl sites for hydroxylation is 1. The summed E-state index contributed by atoms with van der Waals surface area (Å²) in [5.74, 6) is -1.61. The molecule has 2 heterocycles. The van der Waals surface area contributed by atoms with Gasteiger partial charge in [-0.05, 0) is 78.1 Å². The molecule has 2 atom stereocenters. The first-order valence-corrected chi connectivity index (χ1v) is 13.9. The van der Waals surface area contributed by atoms with E-state index in [0.717, 1.165) is 39.4 Å². The average Bonchev–Trinajstić information content (AvgIpc) is 3.39. The van der Waals surface area contributed by atoms with E-state index >= 15 is 0 Å². The van der Waals surface area contributed by atoms with E-state index in [9.17, 15) is 28.2 Å². The van der Waals surface area contributed by atoms with Gasteiger partial charge in [-0.2, -0.15) is 13.2 Å². The number of alkyl halides is 3. The van der Waals surface area contributed by atoms with Gasteiger partial charge >= 0.3 is 12.1 Å². The second-order valence-electron chi connectivity index (χ2n) is 11.2. The Morgan fingerprint density at radius 1 is 1.10 bits per heavy atom. The maximum absolute atomic E-state index is 13.2. The zero-order valence-electron chi connectivity index (χ0n) is 22.7. The summed E-state index contributed by atoms with van der Waals surface area (Å²) in [6.45, 7) is 5.67. The summed E-state index contributed by atoms with van der Waals surface area (Å²) in [4.78, 5) is 24.6. The summed E-state index contributed by atoms with van der Waals surface area (Å²) in [5.41, 5.74) is 1.07. The van der Waals surface area contributed by atoms with Gasteiger partial charge in [-0.25, -0.2) is 15.0 Å². The van der Waals surface area contributed by atoms with Gasteiger partial charge in [-0.1, -0.05) is 38.1 Å². The molecule has 0 radical (unpaired) electrons. The van der Waals surface area contributed by atoms with Crippen LogP contribution in [-0.2, 0) is 16.6 Å². The lowest BCUT2D eigenvalue weighted by atomic mass is 9.63. The quantitative estimate of drug-likeness (QED) is 0.217. The lowest BCUT2D eigenvalue weighted by Gasteiger charge is -2.44. The highest BCUT2D eigenvalue weighted by atomic mass is 32.1. The van der Waals surface area contributed by atoms with Crippen molar-refractivity contribution in [3.63, 3.8) is 0 Å². The SMILES string of the molecule is Cc1ccccc1-c1cc(Nc2nccc(C(F)(F)F)n2)cc(-c2cnc([C@]3(O)CC[C@@H](C(=O)O)C(C)(C)C3)s2)c1. The fourth-order valence-corrected chi connectivity index (χ4v) is 6.62. The van der Waals surface area contributed by atoms with Crippen LogP contribution in [0.4, 0.5) is 24.8 Å². The van der Waals surface area contributed by atoms with Gasteiger partial charge in [0.05, 0.1) is 10.8 Å². The monoisotopic (exact) mass is 582 g/mol. The molecule has 7 nitrogen and oxygen atoms in total. The fraction of sp³-hybridized carbons (Fsp3) is 0.333. The van der Waals surface area contributed by atoms with Crippen LogP contribution < -0.4 is 5.32 Å². The number of thiazole rings is 1. The molecule has 2 aromatic heterocycles. The number of nitrogens with zero attached hydrogens (tertiary/aromatic N) is 3. The predicted octanol–water partition coefficient (Wildman–Crippen LogP) is 7.44. The molecular formula is C30H29F3N4O3S. The van der Waals surface area contributed by atoms with Crippen molar-refractivity contribution in [3.05, 3.63) is 77.2 Å². The largest absolute Gasteiger partial charge is 0.481 e. The van der Waals surface area contributed by atoms with Crippen LogP contribution in [0, 0.1) is 18.3 Å². The van der Waals surface area contributed by atoms with Crippen molar-refractivity contribution in [2.45, 2.75) is 51.8 Å². The molecular weight excluding hydrogens is 553 g/mol. The second-order valence-corrected chi connectivity index (χ2v) is 12.2. The molecule has 0 amide bonds. The van der Waals surface area contributed by atoms with E-state index in [1.165, 1.54) is 11.3 Å². The van der Waals surface area contributed by atoms with Crippen molar-refractivity contribution in [3.8, 4) is 21.6 Å². The number of benzene rings is 2. The van der Waals surface area contributed by atoms with Gasteiger partial charge in [0, 0.05) is 18.1 Å². The normalized spacial score (nSPS) is 20.5. The van der Waals surface area contributed by atoms with Crippen LogP contribution >= 0.6 is 11.3 Å². The number of carboxylic acids is 1. The van der Waals surface area contributed by atoms with Crippen LogP contribution in [0.25, 0.3) is 21.6 Å². The maximum atomic E-state index is 13.2. The lowest BCUT2D eigenvalue weighted by molar-refractivity contribution is -0.154. The molecule has 3 N–H and O–H groups in total. The minimum atomic E-state index is -4.61. The summed E-state index contributed by atoms with van der Waals surface area (Å²) >= 11 is 1.31. The molecule has 1 aliphatic carbocycles. The summed E-state index contributed by atoms with van der Waals surface area (Å²) in [6.07, 6.45) is -1.01. The number of anilines is 2. The van der Waals surface area contributed by atoms with E-state index in [4.69, 9.17) is 0 Å². The molecule has 11 heteroatoms. The molecule has 0 unspecified atom stereocenters. The topological polar surface area (TPSA) is 108 Å². The Balaban J connectivity index is 1.53. The number of hydrogen-bond acceptors (Lipinski definition) is 7. The molecule has 1 saturated carbocycles. The van der Waals surface area contributed by atoms with Gasteiger partial charge in [0.1, 0.15) is 16.3 Å². The van der Waals surface area contributed by atoms with Gasteiger partial charge in [-0.15, -0.1) is 11.3 Å². The number of carbonyl (C=O) groups is 1. The zero-order chi connectivity index (χ0) is 29.6. The third kappa shape index (κ3) is 5.96. The molecule has 2 aromatic carbocycles.